The lowest BCUT2D eigenvalue weighted by molar-refractivity contribution is 0.0957. The largest absolute Gasteiger partial charge is 0.451 e. The third kappa shape index (κ3) is 3.77. The highest BCUT2D eigenvalue weighted by atomic mass is 35.5. The first-order valence-electron chi connectivity index (χ1n) is 8.85. The van der Waals surface area contributed by atoms with E-state index in [1.54, 1.807) is 6.07 Å². The Morgan fingerprint density at radius 3 is 2.62 bits per heavy atom. The summed E-state index contributed by atoms with van der Waals surface area (Å²) < 4.78 is 34.7. The van der Waals surface area contributed by atoms with Crippen LogP contribution in [0.15, 0.2) is 45.7 Å². The molecule has 0 radical (unpaired) electrons. The molecule has 1 aromatic heterocycles. The van der Waals surface area contributed by atoms with Gasteiger partial charge in [-0.15, -0.1) is 0 Å². The molecule has 2 heterocycles. The molecule has 9 heteroatoms. The number of hydrogen-bond acceptors (Lipinski definition) is 5. The van der Waals surface area contributed by atoms with Crippen molar-refractivity contribution in [3.63, 3.8) is 0 Å². The summed E-state index contributed by atoms with van der Waals surface area (Å²) in [6.07, 6.45) is 1.05. The molecule has 1 N–H and O–H groups in total. The number of nitrogens with one attached hydrogen (secondary N) is 1. The van der Waals surface area contributed by atoms with Gasteiger partial charge in [-0.1, -0.05) is 11.6 Å². The van der Waals surface area contributed by atoms with E-state index in [9.17, 15) is 18.2 Å². The normalized spacial score (nSPS) is 14.5. The highest BCUT2D eigenvalue weighted by molar-refractivity contribution is 7.83. The Morgan fingerprint density at radius 1 is 1.21 bits per heavy atom. The van der Waals surface area contributed by atoms with Crippen molar-refractivity contribution in [2.45, 2.75) is 18.2 Å². The zero-order chi connectivity index (χ0) is 20.7. The number of rotatable bonds is 5. The number of fused-ring (bicyclic) bond motifs is 1. The van der Waals surface area contributed by atoms with Gasteiger partial charge in [-0.3, -0.25) is 14.3 Å². The molecular formula is C20H16ClFN2O4S. The zero-order valence-corrected chi connectivity index (χ0v) is 16.9. The number of Topliss-reactive ketones (excluding diaryl/α,β-unsaturated/α-hetero) is 1. The molecule has 1 aliphatic rings. The topological polar surface area (TPSA) is 79.6 Å². The van der Waals surface area contributed by atoms with Crippen LogP contribution in [0.25, 0.3) is 11.0 Å². The van der Waals surface area contributed by atoms with Crippen molar-refractivity contribution < 1.29 is 22.6 Å². The summed E-state index contributed by atoms with van der Waals surface area (Å²) in [5.41, 5.74) is 1.25. The second-order valence-electron chi connectivity index (χ2n) is 6.69. The second-order valence-corrected chi connectivity index (χ2v) is 8.28. The molecule has 0 bridgehead atoms. The van der Waals surface area contributed by atoms with Crippen molar-refractivity contribution in [3.8, 4) is 0 Å². The number of nitrogens with zero attached hydrogens (tertiary/aromatic N) is 1. The third-order valence-electron chi connectivity index (χ3n) is 4.74. The molecule has 0 aliphatic carbocycles. The van der Waals surface area contributed by atoms with Crippen LogP contribution in [0.3, 0.4) is 0 Å². The van der Waals surface area contributed by atoms with Crippen molar-refractivity contribution in [2.75, 3.05) is 18.0 Å². The van der Waals surface area contributed by atoms with E-state index < -0.39 is 22.7 Å². The third-order valence-corrected chi connectivity index (χ3v) is 6.29. The van der Waals surface area contributed by atoms with Gasteiger partial charge in [0, 0.05) is 36.5 Å². The summed E-state index contributed by atoms with van der Waals surface area (Å²) in [5.74, 6) is -1.68. The van der Waals surface area contributed by atoms with E-state index in [-0.39, 0.29) is 32.4 Å². The first-order valence-corrected chi connectivity index (χ1v) is 10.4. The van der Waals surface area contributed by atoms with Gasteiger partial charge in [0.15, 0.2) is 22.5 Å². The minimum atomic E-state index is -2.03. The standard InChI is InChI=1S/C20H16ClFN2O4S/c1-11(25)12-3-4-15(21)19(7-12)29(27)23-20(26)18-10-14-16(22)8-13(9-17(14)28-18)24-5-2-6-24/h3-4,7-10H,2,5-6H2,1H3,(H,23,26). The molecule has 29 heavy (non-hydrogen) atoms. The number of amides is 1. The first-order chi connectivity index (χ1) is 13.8. The summed E-state index contributed by atoms with van der Waals surface area (Å²) in [6, 6.07) is 8.66. The maximum Gasteiger partial charge on any atom is 0.298 e. The van der Waals surface area contributed by atoms with E-state index in [1.165, 1.54) is 37.3 Å². The van der Waals surface area contributed by atoms with Crippen LogP contribution in [0, 0.1) is 5.82 Å². The maximum absolute atomic E-state index is 14.4. The van der Waals surface area contributed by atoms with Crippen LogP contribution in [0.1, 0.15) is 34.3 Å². The number of furan rings is 1. The molecule has 150 valence electrons. The molecule has 1 saturated heterocycles. The van der Waals surface area contributed by atoms with E-state index in [1.807, 2.05) is 4.90 Å². The Kier molecular flexibility index (Phi) is 5.14. The first kappa shape index (κ1) is 19.6. The van der Waals surface area contributed by atoms with Crippen molar-refractivity contribution in [1.82, 2.24) is 4.72 Å². The van der Waals surface area contributed by atoms with Gasteiger partial charge < -0.3 is 9.32 Å². The molecule has 1 fully saturated rings. The number of benzene rings is 2. The van der Waals surface area contributed by atoms with E-state index >= 15 is 0 Å². The molecule has 1 aliphatic heterocycles. The lowest BCUT2D eigenvalue weighted by Gasteiger charge is -2.33. The van der Waals surface area contributed by atoms with Crippen LogP contribution in [0.4, 0.5) is 10.1 Å². The Balaban J connectivity index is 1.59. The lowest BCUT2D eigenvalue weighted by atomic mass is 10.1. The predicted molar refractivity (Wildman–Crippen MR) is 108 cm³/mol. The monoisotopic (exact) mass is 434 g/mol. The molecule has 1 atom stereocenters. The highest BCUT2D eigenvalue weighted by Gasteiger charge is 2.22. The van der Waals surface area contributed by atoms with Crippen molar-refractivity contribution in [2.24, 2.45) is 0 Å². The number of carbonyl (C=O) groups is 2. The number of ketones is 1. The molecule has 6 nitrogen and oxygen atoms in total. The molecule has 1 amide bonds. The van der Waals surface area contributed by atoms with Gasteiger partial charge in [-0.05, 0) is 37.6 Å². The number of carbonyl (C=O) groups excluding carboxylic acids is 2. The van der Waals surface area contributed by atoms with Crippen LogP contribution in [-0.4, -0.2) is 29.0 Å². The van der Waals surface area contributed by atoms with Gasteiger partial charge in [-0.25, -0.2) is 8.60 Å². The fourth-order valence-electron chi connectivity index (χ4n) is 3.01. The summed E-state index contributed by atoms with van der Waals surface area (Å²) >= 11 is 6.04. The Morgan fingerprint density at radius 2 is 1.97 bits per heavy atom. The molecule has 3 aromatic rings. The second kappa shape index (κ2) is 7.61. The SMILES string of the molecule is CC(=O)c1ccc(Cl)c(S(=O)NC(=O)c2cc3c(F)cc(N4CCC4)cc3o2)c1. The van der Waals surface area contributed by atoms with E-state index in [0.29, 0.717) is 11.3 Å². The summed E-state index contributed by atoms with van der Waals surface area (Å²) in [5, 5.41) is 0.310. The van der Waals surface area contributed by atoms with Gasteiger partial charge >= 0.3 is 0 Å². The lowest BCUT2D eigenvalue weighted by Crippen LogP contribution is -2.36. The van der Waals surface area contributed by atoms with E-state index in [0.717, 1.165) is 19.5 Å². The molecule has 4 rings (SSSR count). The molecule has 2 aromatic carbocycles. The van der Waals surface area contributed by atoms with Crippen LogP contribution >= 0.6 is 11.6 Å². The van der Waals surface area contributed by atoms with Crippen LogP contribution in [0.5, 0.6) is 0 Å². The Bertz CT molecular complexity index is 1170. The van der Waals surface area contributed by atoms with E-state index in [2.05, 4.69) is 4.72 Å². The molecule has 0 saturated carbocycles. The Hall–Kier alpha value is -2.71. The number of halogens is 2. The van der Waals surface area contributed by atoms with Gasteiger partial charge in [0.05, 0.1) is 15.3 Å². The molecule has 0 spiro atoms. The van der Waals surface area contributed by atoms with E-state index in [4.69, 9.17) is 16.0 Å². The average Bonchev–Trinajstić information content (AvgIpc) is 3.05. The van der Waals surface area contributed by atoms with Gasteiger partial charge in [0.25, 0.3) is 5.91 Å². The minimum absolute atomic E-state index is 0.0927. The van der Waals surface area contributed by atoms with Gasteiger partial charge in [0.2, 0.25) is 0 Å². The minimum Gasteiger partial charge on any atom is -0.451 e. The van der Waals surface area contributed by atoms with Crippen LogP contribution in [0.2, 0.25) is 5.02 Å². The quantitative estimate of drug-likeness (QED) is 0.612. The van der Waals surface area contributed by atoms with Gasteiger partial charge in [-0.2, -0.15) is 0 Å². The van der Waals surface area contributed by atoms with Crippen LogP contribution in [-0.2, 0) is 11.0 Å². The fourth-order valence-corrected chi connectivity index (χ4v) is 4.19. The Labute approximate surface area is 173 Å². The number of anilines is 1. The summed E-state index contributed by atoms with van der Waals surface area (Å²) in [4.78, 5) is 26.1. The molecule has 1 unspecified atom stereocenters. The summed E-state index contributed by atoms with van der Waals surface area (Å²) in [6.45, 7) is 3.06. The zero-order valence-electron chi connectivity index (χ0n) is 15.3. The number of hydrogen-bond donors (Lipinski definition) is 1. The predicted octanol–water partition coefficient (Wildman–Crippen LogP) is 4.09. The van der Waals surface area contributed by atoms with Crippen molar-refractivity contribution in [3.05, 3.63) is 58.6 Å². The fraction of sp³-hybridized carbons (Fsp3) is 0.200. The van der Waals surface area contributed by atoms with Crippen LogP contribution < -0.4 is 9.62 Å². The highest BCUT2D eigenvalue weighted by Crippen LogP contribution is 2.30. The van der Waals surface area contributed by atoms with Gasteiger partial charge in [0.1, 0.15) is 11.4 Å². The van der Waals surface area contributed by atoms with Crippen molar-refractivity contribution in [1.29, 1.82) is 0 Å². The summed E-state index contributed by atoms with van der Waals surface area (Å²) in [7, 11) is -2.03. The maximum atomic E-state index is 14.4. The van der Waals surface area contributed by atoms with Crippen molar-refractivity contribution >= 4 is 50.9 Å². The smallest absolute Gasteiger partial charge is 0.298 e. The average molecular weight is 435 g/mol. The molecular weight excluding hydrogens is 419 g/mol.